The molecule has 1 unspecified atom stereocenters. The fourth-order valence-corrected chi connectivity index (χ4v) is 2.83. The average molecular weight is 224 g/mol. The summed E-state index contributed by atoms with van der Waals surface area (Å²) >= 11 is 0. The molecule has 0 radical (unpaired) electrons. The van der Waals surface area contributed by atoms with Gasteiger partial charge in [-0.15, -0.1) is 0 Å². The van der Waals surface area contributed by atoms with Crippen molar-refractivity contribution in [2.75, 3.05) is 26.2 Å². The Balaban J connectivity index is 1.64. The molecule has 0 aromatic rings. The van der Waals surface area contributed by atoms with Gasteiger partial charge in [-0.3, -0.25) is 0 Å². The van der Waals surface area contributed by atoms with Crippen molar-refractivity contribution in [2.24, 2.45) is 5.92 Å². The van der Waals surface area contributed by atoms with Crippen LogP contribution in [0.2, 0.25) is 0 Å². The van der Waals surface area contributed by atoms with Crippen LogP contribution < -0.4 is 5.32 Å². The Morgan fingerprint density at radius 1 is 1.25 bits per heavy atom. The molecular weight excluding hydrogens is 196 g/mol. The second kappa shape index (κ2) is 6.61. The van der Waals surface area contributed by atoms with Crippen molar-refractivity contribution in [2.45, 2.75) is 57.9 Å². The van der Waals surface area contributed by atoms with Gasteiger partial charge in [-0.2, -0.15) is 0 Å². The van der Waals surface area contributed by atoms with Crippen molar-refractivity contribution >= 4 is 0 Å². The van der Waals surface area contributed by atoms with E-state index >= 15 is 0 Å². The lowest BCUT2D eigenvalue weighted by Crippen LogP contribution is -2.37. The van der Waals surface area contributed by atoms with Crippen LogP contribution in [0.15, 0.2) is 0 Å². The van der Waals surface area contributed by atoms with E-state index < -0.39 is 0 Å². The van der Waals surface area contributed by atoms with E-state index in [-0.39, 0.29) is 0 Å². The summed E-state index contributed by atoms with van der Waals surface area (Å²) in [6.45, 7) is 7.47. The van der Waals surface area contributed by atoms with Crippen molar-refractivity contribution in [1.82, 2.24) is 10.2 Å². The summed E-state index contributed by atoms with van der Waals surface area (Å²) in [6, 6.07) is 0.758. The minimum Gasteiger partial charge on any atom is -0.313 e. The molecule has 94 valence electrons. The summed E-state index contributed by atoms with van der Waals surface area (Å²) in [6.07, 6.45) is 9.95. The maximum atomic E-state index is 3.68. The summed E-state index contributed by atoms with van der Waals surface area (Å²) in [4.78, 5) is 2.70. The summed E-state index contributed by atoms with van der Waals surface area (Å²) in [5, 5.41) is 3.68. The molecule has 2 fully saturated rings. The Morgan fingerprint density at radius 2 is 2.12 bits per heavy atom. The highest BCUT2D eigenvalue weighted by atomic mass is 15.2. The maximum Gasteiger partial charge on any atom is 0.0194 e. The smallest absolute Gasteiger partial charge is 0.0194 e. The predicted molar refractivity (Wildman–Crippen MR) is 69.7 cm³/mol. The molecule has 2 aliphatic rings. The predicted octanol–water partition coefficient (Wildman–Crippen LogP) is 2.64. The van der Waals surface area contributed by atoms with Gasteiger partial charge in [0.1, 0.15) is 0 Å². The van der Waals surface area contributed by atoms with Crippen LogP contribution in [0, 0.1) is 5.92 Å². The molecular formula is C14H28N2. The van der Waals surface area contributed by atoms with Crippen LogP contribution in [0.25, 0.3) is 0 Å². The first-order valence-corrected chi connectivity index (χ1v) is 7.34. The molecule has 1 saturated carbocycles. The summed E-state index contributed by atoms with van der Waals surface area (Å²) in [5.74, 6) is 1.11. The molecule has 0 aromatic heterocycles. The SMILES string of the molecule is CCCC1CN(CCCC2CC2)CCCN1. The zero-order valence-electron chi connectivity index (χ0n) is 10.9. The monoisotopic (exact) mass is 224 g/mol. The summed E-state index contributed by atoms with van der Waals surface area (Å²) in [5.41, 5.74) is 0. The first-order chi connectivity index (χ1) is 7.88. The van der Waals surface area contributed by atoms with Crippen molar-refractivity contribution in [3.05, 3.63) is 0 Å². The lowest BCUT2D eigenvalue weighted by molar-refractivity contribution is 0.256. The van der Waals surface area contributed by atoms with Gasteiger partial charge in [-0.25, -0.2) is 0 Å². The Morgan fingerprint density at radius 3 is 2.88 bits per heavy atom. The largest absolute Gasteiger partial charge is 0.313 e. The van der Waals surface area contributed by atoms with E-state index in [1.54, 1.807) is 0 Å². The van der Waals surface area contributed by atoms with Gasteiger partial charge in [0, 0.05) is 12.6 Å². The van der Waals surface area contributed by atoms with Crippen LogP contribution in [-0.2, 0) is 0 Å². The minimum atomic E-state index is 0.758. The third-order valence-corrected chi connectivity index (χ3v) is 3.98. The highest BCUT2D eigenvalue weighted by Crippen LogP contribution is 2.33. The van der Waals surface area contributed by atoms with Crippen molar-refractivity contribution in [3.8, 4) is 0 Å². The van der Waals surface area contributed by atoms with Crippen LogP contribution >= 0.6 is 0 Å². The minimum absolute atomic E-state index is 0.758. The second-order valence-corrected chi connectivity index (χ2v) is 5.68. The van der Waals surface area contributed by atoms with Crippen LogP contribution in [0.4, 0.5) is 0 Å². The summed E-state index contributed by atoms with van der Waals surface area (Å²) in [7, 11) is 0. The lowest BCUT2D eigenvalue weighted by Gasteiger charge is -2.24. The number of rotatable bonds is 6. The molecule has 1 atom stereocenters. The number of hydrogen-bond acceptors (Lipinski definition) is 2. The van der Waals surface area contributed by atoms with E-state index in [1.807, 2.05) is 0 Å². The molecule has 0 aromatic carbocycles. The van der Waals surface area contributed by atoms with E-state index in [0.717, 1.165) is 12.0 Å². The van der Waals surface area contributed by atoms with E-state index in [9.17, 15) is 0 Å². The lowest BCUT2D eigenvalue weighted by atomic mass is 10.1. The van der Waals surface area contributed by atoms with Gasteiger partial charge in [0.25, 0.3) is 0 Å². The fraction of sp³-hybridized carbons (Fsp3) is 1.00. The number of nitrogens with zero attached hydrogens (tertiary/aromatic N) is 1. The van der Waals surface area contributed by atoms with E-state index in [2.05, 4.69) is 17.1 Å². The average Bonchev–Trinajstić information content (AvgIpc) is 3.07. The molecule has 0 bridgehead atoms. The molecule has 1 aliphatic carbocycles. The number of hydrogen-bond donors (Lipinski definition) is 1. The summed E-state index contributed by atoms with van der Waals surface area (Å²) < 4.78 is 0. The first-order valence-electron chi connectivity index (χ1n) is 7.34. The highest BCUT2D eigenvalue weighted by molar-refractivity contribution is 4.78. The van der Waals surface area contributed by atoms with Crippen molar-refractivity contribution < 1.29 is 0 Å². The van der Waals surface area contributed by atoms with Crippen molar-refractivity contribution in [1.29, 1.82) is 0 Å². The van der Waals surface area contributed by atoms with Gasteiger partial charge >= 0.3 is 0 Å². The topological polar surface area (TPSA) is 15.3 Å². The molecule has 0 spiro atoms. The quantitative estimate of drug-likeness (QED) is 0.746. The Labute approximate surface area is 101 Å². The zero-order chi connectivity index (χ0) is 11.2. The Bertz CT molecular complexity index is 189. The van der Waals surface area contributed by atoms with Gasteiger partial charge in [-0.1, -0.05) is 26.2 Å². The van der Waals surface area contributed by atoms with E-state index in [4.69, 9.17) is 0 Å². The van der Waals surface area contributed by atoms with Gasteiger partial charge in [0.2, 0.25) is 0 Å². The maximum absolute atomic E-state index is 3.68. The van der Waals surface area contributed by atoms with Gasteiger partial charge < -0.3 is 10.2 Å². The van der Waals surface area contributed by atoms with Crippen LogP contribution in [0.3, 0.4) is 0 Å². The molecule has 16 heavy (non-hydrogen) atoms. The first kappa shape index (κ1) is 12.4. The second-order valence-electron chi connectivity index (χ2n) is 5.68. The number of nitrogens with one attached hydrogen (secondary N) is 1. The van der Waals surface area contributed by atoms with Gasteiger partial charge in [0.05, 0.1) is 0 Å². The molecule has 2 rings (SSSR count). The molecule has 0 amide bonds. The third-order valence-electron chi connectivity index (χ3n) is 3.98. The van der Waals surface area contributed by atoms with E-state index in [1.165, 1.54) is 71.1 Å². The van der Waals surface area contributed by atoms with Crippen LogP contribution in [0.1, 0.15) is 51.9 Å². The molecule has 2 heteroatoms. The molecule has 1 N–H and O–H groups in total. The molecule has 1 saturated heterocycles. The zero-order valence-corrected chi connectivity index (χ0v) is 10.9. The van der Waals surface area contributed by atoms with Crippen LogP contribution in [0.5, 0.6) is 0 Å². The van der Waals surface area contributed by atoms with Crippen molar-refractivity contribution in [3.63, 3.8) is 0 Å². The molecule has 1 heterocycles. The third kappa shape index (κ3) is 4.42. The fourth-order valence-electron chi connectivity index (χ4n) is 2.83. The highest BCUT2D eigenvalue weighted by Gasteiger charge is 2.21. The van der Waals surface area contributed by atoms with E-state index in [0.29, 0.717) is 0 Å². The van der Waals surface area contributed by atoms with Gasteiger partial charge in [0.15, 0.2) is 0 Å². The molecule has 2 nitrogen and oxygen atoms in total. The Kier molecular flexibility index (Phi) is 5.11. The Hall–Kier alpha value is -0.0800. The standard InChI is InChI=1S/C14H28N2/c1-2-5-14-12-16(11-4-9-15-14)10-3-6-13-7-8-13/h13-15H,2-12H2,1H3. The molecule has 1 aliphatic heterocycles. The normalized spacial score (nSPS) is 27.9. The van der Waals surface area contributed by atoms with Gasteiger partial charge in [-0.05, 0) is 51.2 Å². The van der Waals surface area contributed by atoms with Crippen LogP contribution in [-0.4, -0.2) is 37.1 Å².